The van der Waals surface area contributed by atoms with Crippen molar-refractivity contribution in [1.82, 2.24) is 5.32 Å². The Morgan fingerprint density at radius 3 is 2.41 bits per heavy atom. The lowest BCUT2D eigenvalue weighted by Crippen LogP contribution is -2.34. The topological polar surface area (TPSA) is 72.2 Å². The van der Waals surface area contributed by atoms with E-state index >= 15 is 0 Å². The fourth-order valence-corrected chi connectivity index (χ4v) is 1.92. The molecule has 2 aromatic rings. The molecule has 0 bridgehead atoms. The predicted octanol–water partition coefficient (Wildman–Crippen LogP) is 2.41. The molecule has 5 heteroatoms. The van der Waals surface area contributed by atoms with Gasteiger partial charge < -0.3 is 5.73 Å². The van der Waals surface area contributed by atoms with Crippen LogP contribution in [0, 0.1) is 0 Å². The highest BCUT2D eigenvalue weighted by molar-refractivity contribution is 9.10. The maximum absolute atomic E-state index is 11.5. The number of nitrogens with two attached hydrogens (primary N) is 1. The Labute approximate surface area is 106 Å². The highest BCUT2D eigenvalue weighted by Crippen LogP contribution is 2.20. The van der Waals surface area contributed by atoms with Crippen LogP contribution in [0.4, 0.5) is 4.79 Å². The van der Waals surface area contributed by atoms with Crippen molar-refractivity contribution in [3.63, 3.8) is 0 Å². The Balaban J connectivity index is 2.41. The molecule has 0 heterocycles. The third-order valence-electron chi connectivity index (χ3n) is 2.30. The van der Waals surface area contributed by atoms with Crippen LogP contribution in [-0.4, -0.2) is 11.9 Å². The van der Waals surface area contributed by atoms with E-state index in [4.69, 9.17) is 5.73 Å². The van der Waals surface area contributed by atoms with Gasteiger partial charge in [0.15, 0.2) is 0 Å². The SMILES string of the molecule is NC(=O)NC(=O)c1ccc2cc(Br)ccc2c1. The predicted molar refractivity (Wildman–Crippen MR) is 68.7 cm³/mol. The average molecular weight is 293 g/mol. The van der Waals surface area contributed by atoms with Gasteiger partial charge in [0.25, 0.3) is 5.91 Å². The van der Waals surface area contributed by atoms with E-state index < -0.39 is 11.9 Å². The summed E-state index contributed by atoms with van der Waals surface area (Å²) in [6.07, 6.45) is 0. The minimum atomic E-state index is -0.856. The summed E-state index contributed by atoms with van der Waals surface area (Å²) < 4.78 is 0.972. The van der Waals surface area contributed by atoms with Gasteiger partial charge >= 0.3 is 6.03 Å². The van der Waals surface area contributed by atoms with Gasteiger partial charge in [-0.2, -0.15) is 0 Å². The second-order valence-corrected chi connectivity index (χ2v) is 4.44. The molecule has 3 amide bonds. The Morgan fingerprint density at radius 1 is 1.06 bits per heavy atom. The smallest absolute Gasteiger partial charge is 0.319 e. The fraction of sp³-hybridized carbons (Fsp3) is 0. The summed E-state index contributed by atoms with van der Waals surface area (Å²) in [6.45, 7) is 0. The fourth-order valence-electron chi connectivity index (χ4n) is 1.54. The number of imide groups is 1. The molecule has 0 spiro atoms. The van der Waals surface area contributed by atoms with Gasteiger partial charge in [-0.1, -0.05) is 28.1 Å². The highest BCUT2D eigenvalue weighted by atomic mass is 79.9. The number of fused-ring (bicyclic) bond motifs is 1. The molecule has 0 radical (unpaired) electrons. The lowest BCUT2D eigenvalue weighted by atomic mass is 10.1. The normalized spacial score (nSPS) is 10.2. The number of hydrogen-bond acceptors (Lipinski definition) is 2. The van der Waals surface area contributed by atoms with Crippen LogP contribution in [-0.2, 0) is 0 Å². The average Bonchev–Trinajstić information content (AvgIpc) is 2.27. The van der Waals surface area contributed by atoms with E-state index in [-0.39, 0.29) is 0 Å². The van der Waals surface area contributed by atoms with Crippen molar-refractivity contribution in [3.05, 3.63) is 46.4 Å². The van der Waals surface area contributed by atoms with Gasteiger partial charge in [0.1, 0.15) is 0 Å². The van der Waals surface area contributed by atoms with Gasteiger partial charge in [0, 0.05) is 10.0 Å². The lowest BCUT2D eigenvalue weighted by molar-refractivity contribution is 0.0966. The van der Waals surface area contributed by atoms with Gasteiger partial charge in [-0.15, -0.1) is 0 Å². The zero-order valence-corrected chi connectivity index (χ0v) is 10.3. The molecule has 17 heavy (non-hydrogen) atoms. The van der Waals surface area contributed by atoms with Gasteiger partial charge in [-0.3, -0.25) is 10.1 Å². The van der Waals surface area contributed by atoms with Crippen molar-refractivity contribution in [2.24, 2.45) is 5.73 Å². The van der Waals surface area contributed by atoms with Gasteiger partial charge in [0.05, 0.1) is 0 Å². The third-order valence-corrected chi connectivity index (χ3v) is 2.79. The van der Waals surface area contributed by atoms with Gasteiger partial charge in [-0.05, 0) is 35.0 Å². The monoisotopic (exact) mass is 292 g/mol. The first kappa shape index (κ1) is 11.6. The van der Waals surface area contributed by atoms with Gasteiger partial charge in [0.2, 0.25) is 0 Å². The number of carbonyl (C=O) groups excluding carboxylic acids is 2. The molecule has 0 aliphatic heterocycles. The van der Waals surface area contributed by atoms with Crippen molar-refractivity contribution in [3.8, 4) is 0 Å². The Hall–Kier alpha value is -1.88. The van der Waals surface area contributed by atoms with Crippen molar-refractivity contribution < 1.29 is 9.59 Å². The number of hydrogen-bond donors (Lipinski definition) is 2. The number of rotatable bonds is 1. The number of carbonyl (C=O) groups is 2. The van der Waals surface area contributed by atoms with Crippen molar-refractivity contribution in [1.29, 1.82) is 0 Å². The number of urea groups is 1. The first-order valence-electron chi connectivity index (χ1n) is 4.86. The highest BCUT2D eigenvalue weighted by Gasteiger charge is 2.08. The molecule has 2 aromatic carbocycles. The largest absolute Gasteiger partial charge is 0.351 e. The van der Waals surface area contributed by atoms with E-state index in [0.29, 0.717) is 5.56 Å². The molecule has 0 aliphatic rings. The first-order valence-corrected chi connectivity index (χ1v) is 5.65. The van der Waals surface area contributed by atoms with Crippen LogP contribution in [0.25, 0.3) is 10.8 Å². The number of amides is 3. The molecule has 0 fully saturated rings. The maximum atomic E-state index is 11.5. The minimum absolute atomic E-state index is 0.402. The Morgan fingerprint density at radius 2 is 1.71 bits per heavy atom. The quantitative estimate of drug-likeness (QED) is 0.847. The van der Waals surface area contributed by atoms with E-state index in [2.05, 4.69) is 15.9 Å². The second-order valence-electron chi connectivity index (χ2n) is 3.52. The summed E-state index contributed by atoms with van der Waals surface area (Å²) >= 11 is 3.37. The van der Waals surface area contributed by atoms with Crippen LogP contribution in [0.5, 0.6) is 0 Å². The number of nitrogens with one attached hydrogen (secondary N) is 1. The molecule has 3 N–H and O–H groups in total. The molecule has 0 saturated carbocycles. The molecular weight excluding hydrogens is 284 g/mol. The van der Waals surface area contributed by atoms with Gasteiger partial charge in [-0.25, -0.2) is 4.79 Å². The summed E-state index contributed by atoms with van der Waals surface area (Å²) in [4.78, 5) is 22.1. The van der Waals surface area contributed by atoms with E-state index in [1.54, 1.807) is 12.1 Å². The second kappa shape index (κ2) is 4.55. The zero-order valence-electron chi connectivity index (χ0n) is 8.74. The molecule has 4 nitrogen and oxygen atoms in total. The Kier molecular flexibility index (Phi) is 3.10. The van der Waals surface area contributed by atoms with E-state index in [9.17, 15) is 9.59 Å². The minimum Gasteiger partial charge on any atom is -0.351 e. The molecule has 0 aliphatic carbocycles. The zero-order chi connectivity index (χ0) is 12.4. The van der Waals surface area contributed by atoms with Crippen LogP contribution in [0.1, 0.15) is 10.4 Å². The summed E-state index contributed by atoms with van der Waals surface area (Å²) in [5, 5.41) is 3.96. The molecule has 0 aromatic heterocycles. The number of primary amides is 1. The summed E-state index contributed by atoms with van der Waals surface area (Å²) in [6, 6.07) is 10.0. The molecular formula is C12H9BrN2O2. The maximum Gasteiger partial charge on any atom is 0.319 e. The van der Waals surface area contributed by atoms with Crippen molar-refractivity contribution in [2.45, 2.75) is 0 Å². The first-order chi connectivity index (χ1) is 8.06. The summed E-state index contributed by atoms with van der Waals surface area (Å²) in [7, 11) is 0. The van der Waals surface area contributed by atoms with E-state index in [1.165, 1.54) is 0 Å². The molecule has 2 rings (SSSR count). The summed E-state index contributed by atoms with van der Waals surface area (Å²) in [5.41, 5.74) is 5.29. The van der Waals surface area contributed by atoms with Crippen LogP contribution >= 0.6 is 15.9 Å². The van der Waals surface area contributed by atoms with Crippen molar-refractivity contribution in [2.75, 3.05) is 0 Å². The van der Waals surface area contributed by atoms with Crippen molar-refractivity contribution >= 4 is 38.6 Å². The van der Waals surface area contributed by atoms with Crippen LogP contribution in [0.15, 0.2) is 40.9 Å². The molecule has 0 saturated heterocycles. The molecule has 86 valence electrons. The van der Waals surface area contributed by atoms with E-state index in [0.717, 1.165) is 15.2 Å². The third kappa shape index (κ3) is 2.62. The Bertz CT molecular complexity index is 610. The van der Waals surface area contributed by atoms with Crippen LogP contribution < -0.4 is 11.1 Å². The summed E-state index contributed by atoms with van der Waals surface area (Å²) in [5.74, 6) is -0.498. The molecule has 0 unspecified atom stereocenters. The number of benzene rings is 2. The lowest BCUT2D eigenvalue weighted by Gasteiger charge is -2.03. The van der Waals surface area contributed by atoms with Crippen LogP contribution in [0.2, 0.25) is 0 Å². The van der Waals surface area contributed by atoms with E-state index in [1.807, 2.05) is 29.6 Å². The number of halogens is 1. The molecule has 0 atom stereocenters. The van der Waals surface area contributed by atoms with Crippen LogP contribution in [0.3, 0.4) is 0 Å². The standard InChI is InChI=1S/C12H9BrN2O2/c13-10-4-3-7-5-9(2-1-8(7)6-10)11(16)15-12(14)17/h1-6H,(H3,14,15,16,17).